The SMILES string of the molecule is CC(Nc1nc(C(=O)O)nc2nc(C(=O)NCCO)n(Cc3ccc(C(F)(F)F)cc3)c12)C1CCC1.c1ccccc1. The van der Waals surface area contributed by atoms with Crippen LogP contribution in [0.1, 0.15) is 58.6 Å². The highest BCUT2D eigenvalue weighted by atomic mass is 19.4. The van der Waals surface area contributed by atoms with E-state index in [4.69, 9.17) is 5.11 Å². The van der Waals surface area contributed by atoms with E-state index in [2.05, 4.69) is 25.6 Å². The molecule has 10 nitrogen and oxygen atoms in total. The molecule has 2 heterocycles. The maximum Gasteiger partial charge on any atom is 0.416 e. The molecule has 1 saturated carbocycles. The van der Waals surface area contributed by atoms with Crippen molar-refractivity contribution in [3.63, 3.8) is 0 Å². The molecule has 13 heteroatoms. The fourth-order valence-corrected chi connectivity index (χ4v) is 4.45. The van der Waals surface area contributed by atoms with Crippen molar-refractivity contribution < 1.29 is 33.0 Å². The van der Waals surface area contributed by atoms with Crippen LogP contribution in [-0.4, -0.2) is 60.8 Å². The standard InChI is InChI=1S/C23H25F3N6O4.C6H6/c1-12(14-3-2-4-14)28-17-16-18(30-19(29-17)22(35)36)31-20(21(34)27-9-10-33)32(16)11-13-5-7-15(8-6-13)23(24,25)26;1-2-4-6-5-3-1/h5-8,12,14,33H,2-4,9-11H2,1H3,(H,27,34)(H,35,36)(H,28,29,30);1-6H. The third kappa shape index (κ3) is 7.40. The molecule has 4 N–H and O–H groups in total. The molecule has 4 aromatic rings. The second-order valence-corrected chi connectivity index (χ2v) is 9.85. The quantitative estimate of drug-likeness (QED) is 0.224. The fraction of sp³-hybridized carbons (Fsp3) is 0.345. The molecule has 42 heavy (non-hydrogen) atoms. The van der Waals surface area contributed by atoms with E-state index < -0.39 is 29.4 Å². The Balaban J connectivity index is 0.000000600. The molecule has 222 valence electrons. The minimum atomic E-state index is -4.49. The number of nitrogens with one attached hydrogen (secondary N) is 2. The van der Waals surface area contributed by atoms with E-state index in [1.54, 1.807) is 0 Å². The Morgan fingerprint density at radius 2 is 1.64 bits per heavy atom. The molecule has 5 rings (SSSR count). The predicted molar refractivity (Wildman–Crippen MR) is 149 cm³/mol. The van der Waals surface area contributed by atoms with Gasteiger partial charge in [-0.15, -0.1) is 0 Å². The van der Waals surface area contributed by atoms with Crippen molar-refractivity contribution in [3.8, 4) is 0 Å². The molecule has 2 aromatic heterocycles. The Morgan fingerprint density at radius 1 is 1.02 bits per heavy atom. The average molecular weight is 585 g/mol. The summed E-state index contributed by atoms with van der Waals surface area (Å²) in [7, 11) is 0. The number of nitrogens with zero attached hydrogens (tertiary/aromatic N) is 4. The topological polar surface area (TPSA) is 142 Å². The van der Waals surface area contributed by atoms with Crippen LogP contribution >= 0.6 is 0 Å². The molecule has 1 unspecified atom stereocenters. The summed E-state index contributed by atoms with van der Waals surface area (Å²) >= 11 is 0. The molecule has 1 fully saturated rings. The predicted octanol–water partition coefficient (Wildman–Crippen LogP) is 4.60. The largest absolute Gasteiger partial charge is 0.475 e. The zero-order valence-electron chi connectivity index (χ0n) is 22.8. The van der Waals surface area contributed by atoms with Gasteiger partial charge in [-0.1, -0.05) is 55.0 Å². The maximum atomic E-state index is 13.0. The van der Waals surface area contributed by atoms with E-state index in [1.807, 2.05) is 43.3 Å². The molecule has 0 aliphatic heterocycles. The second kappa shape index (κ2) is 13.4. The van der Waals surface area contributed by atoms with Gasteiger partial charge in [0.25, 0.3) is 5.91 Å². The summed E-state index contributed by atoms with van der Waals surface area (Å²) in [5, 5.41) is 24.3. The Labute approximate surface area is 239 Å². The van der Waals surface area contributed by atoms with Crippen molar-refractivity contribution in [3.05, 3.63) is 83.4 Å². The van der Waals surface area contributed by atoms with Crippen molar-refractivity contribution in [1.82, 2.24) is 24.8 Å². The number of benzene rings is 2. The molecule has 0 radical (unpaired) electrons. The van der Waals surface area contributed by atoms with E-state index >= 15 is 0 Å². The van der Waals surface area contributed by atoms with Crippen molar-refractivity contribution >= 4 is 28.9 Å². The van der Waals surface area contributed by atoms with E-state index in [-0.39, 0.29) is 48.5 Å². The highest BCUT2D eigenvalue weighted by Crippen LogP contribution is 2.33. The number of rotatable bonds is 9. The number of aliphatic hydroxyl groups excluding tert-OH is 1. The summed E-state index contributed by atoms with van der Waals surface area (Å²) in [6.07, 6.45) is -1.38. The lowest BCUT2D eigenvalue weighted by atomic mass is 9.80. The number of amides is 1. The Hall–Kier alpha value is -4.52. The van der Waals surface area contributed by atoms with Gasteiger partial charge in [0, 0.05) is 12.6 Å². The number of carbonyl (C=O) groups is 2. The van der Waals surface area contributed by atoms with Gasteiger partial charge in [0.2, 0.25) is 11.6 Å². The van der Waals surface area contributed by atoms with Crippen LogP contribution in [0.5, 0.6) is 0 Å². The summed E-state index contributed by atoms with van der Waals surface area (Å²) in [4.78, 5) is 36.9. The minimum Gasteiger partial charge on any atom is -0.475 e. The van der Waals surface area contributed by atoms with Crippen LogP contribution in [0.2, 0.25) is 0 Å². The van der Waals surface area contributed by atoms with Gasteiger partial charge >= 0.3 is 12.1 Å². The van der Waals surface area contributed by atoms with Gasteiger partial charge in [-0.25, -0.2) is 19.7 Å². The summed E-state index contributed by atoms with van der Waals surface area (Å²) in [6, 6.07) is 16.4. The molecule has 0 spiro atoms. The normalized spacial score (nSPS) is 13.9. The van der Waals surface area contributed by atoms with Crippen LogP contribution in [0, 0.1) is 5.92 Å². The molecule has 0 saturated heterocycles. The van der Waals surface area contributed by atoms with Crippen LogP contribution in [0.25, 0.3) is 11.2 Å². The van der Waals surface area contributed by atoms with Gasteiger partial charge in [-0.3, -0.25) is 4.79 Å². The number of carboxylic acid groups (broad SMARTS) is 1. The minimum absolute atomic E-state index is 0.0493. The molecular formula is C29H31F3N6O4. The zero-order valence-corrected chi connectivity index (χ0v) is 22.8. The van der Waals surface area contributed by atoms with Crippen LogP contribution in [-0.2, 0) is 12.7 Å². The van der Waals surface area contributed by atoms with E-state index in [9.17, 15) is 27.9 Å². The third-order valence-electron chi connectivity index (χ3n) is 6.90. The number of hydrogen-bond donors (Lipinski definition) is 4. The van der Waals surface area contributed by atoms with Gasteiger partial charge in [0.15, 0.2) is 11.5 Å². The summed E-state index contributed by atoms with van der Waals surface area (Å²) in [5.41, 5.74) is -0.167. The monoisotopic (exact) mass is 584 g/mol. The van der Waals surface area contributed by atoms with Gasteiger partial charge in [-0.2, -0.15) is 13.2 Å². The zero-order chi connectivity index (χ0) is 30.3. The van der Waals surface area contributed by atoms with Crippen molar-refractivity contribution in [2.45, 2.75) is 44.9 Å². The number of imidazole rings is 1. The number of aromatic carboxylic acids is 1. The number of hydrogen-bond acceptors (Lipinski definition) is 7. The van der Waals surface area contributed by atoms with Gasteiger partial charge in [0.1, 0.15) is 5.52 Å². The van der Waals surface area contributed by atoms with Crippen LogP contribution in [0.3, 0.4) is 0 Å². The first-order chi connectivity index (χ1) is 20.1. The lowest BCUT2D eigenvalue weighted by molar-refractivity contribution is -0.137. The van der Waals surface area contributed by atoms with Gasteiger partial charge < -0.3 is 25.4 Å². The number of carbonyl (C=O) groups excluding carboxylic acids is 1. The van der Waals surface area contributed by atoms with Crippen molar-refractivity contribution in [2.24, 2.45) is 5.92 Å². The first-order valence-electron chi connectivity index (χ1n) is 13.4. The van der Waals surface area contributed by atoms with Crippen molar-refractivity contribution in [2.75, 3.05) is 18.5 Å². The number of carboxylic acids is 1. The average Bonchev–Trinajstić information content (AvgIpc) is 3.30. The van der Waals surface area contributed by atoms with Crippen LogP contribution in [0.4, 0.5) is 19.0 Å². The molecule has 2 aromatic carbocycles. The molecule has 1 aliphatic carbocycles. The lowest BCUT2D eigenvalue weighted by Crippen LogP contribution is -2.32. The molecule has 1 amide bonds. The highest BCUT2D eigenvalue weighted by molar-refractivity contribution is 5.97. The third-order valence-corrected chi connectivity index (χ3v) is 6.90. The smallest absolute Gasteiger partial charge is 0.416 e. The number of fused-ring (bicyclic) bond motifs is 1. The number of aromatic nitrogens is 4. The van der Waals surface area contributed by atoms with Crippen LogP contribution in [0.15, 0.2) is 60.7 Å². The van der Waals surface area contributed by atoms with E-state index in [0.717, 1.165) is 31.4 Å². The Morgan fingerprint density at radius 3 is 2.14 bits per heavy atom. The first-order valence-corrected chi connectivity index (χ1v) is 13.4. The number of aliphatic hydroxyl groups is 1. The van der Waals surface area contributed by atoms with Crippen molar-refractivity contribution in [1.29, 1.82) is 0 Å². The Bertz CT molecular complexity index is 1480. The van der Waals surface area contributed by atoms with Gasteiger partial charge in [0.05, 0.1) is 18.7 Å². The molecule has 1 atom stereocenters. The van der Waals surface area contributed by atoms with Gasteiger partial charge in [-0.05, 0) is 43.4 Å². The maximum absolute atomic E-state index is 13.0. The second-order valence-electron chi connectivity index (χ2n) is 9.85. The fourth-order valence-electron chi connectivity index (χ4n) is 4.45. The van der Waals surface area contributed by atoms with E-state index in [0.29, 0.717) is 11.5 Å². The molecular weight excluding hydrogens is 553 g/mol. The summed E-state index contributed by atoms with van der Waals surface area (Å²) < 4.78 is 40.5. The molecule has 0 bridgehead atoms. The summed E-state index contributed by atoms with van der Waals surface area (Å²) in [5.74, 6) is -2.16. The first kappa shape index (κ1) is 30.4. The number of alkyl halides is 3. The van der Waals surface area contributed by atoms with Crippen LogP contribution < -0.4 is 10.6 Å². The summed E-state index contributed by atoms with van der Waals surface area (Å²) in [6.45, 7) is 1.51. The number of halogens is 3. The van der Waals surface area contributed by atoms with E-state index in [1.165, 1.54) is 16.7 Å². The Kier molecular flexibility index (Phi) is 9.73. The highest BCUT2D eigenvalue weighted by Gasteiger charge is 2.31. The lowest BCUT2D eigenvalue weighted by Gasteiger charge is -2.32. The number of anilines is 1. The molecule has 1 aliphatic rings.